The van der Waals surface area contributed by atoms with Gasteiger partial charge in [-0.05, 0) is 6.42 Å². The summed E-state index contributed by atoms with van der Waals surface area (Å²) in [6, 6.07) is 0. The molecule has 0 aliphatic rings. The van der Waals surface area contributed by atoms with Crippen LogP contribution in [0.25, 0.3) is 0 Å². The van der Waals surface area contributed by atoms with Crippen molar-refractivity contribution >= 4 is 0 Å². The van der Waals surface area contributed by atoms with E-state index in [0.29, 0.717) is 0 Å². The molecule has 45 valence electrons. The first-order valence-electron chi connectivity index (χ1n) is 2.35. The van der Waals surface area contributed by atoms with Crippen LogP contribution in [0.5, 0.6) is 0 Å². The Kier molecular flexibility index (Phi) is 14.1. The fourth-order valence-corrected chi connectivity index (χ4v) is 0.279. The van der Waals surface area contributed by atoms with Crippen LogP contribution in [-0.4, -0.2) is 0 Å². The Bertz CT molecular complexity index is 51.7. The first kappa shape index (κ1) is 10.3. The number of unbranched alkanes of at least 4 members (excludes halogenated alkanes) is 2. The Hall–Kier alpha value is 0.300. The van der Waals surface area contributed by atoms with Crippen LogP contribution in [0.4, 0.5) is 0 Å². The Morgan fingerprint density at radius 3 is 2.29 bits per heavy atom. The summed E-state index contributed by atoms with van der Waals surface area (Å²) in [7, 11) is 0. The van der Waals surface area contributed by atoms with Crippen LogP contribution in [0, 0.1) is 12.3 Å². The predicted molar refractivity (Wildman–Crippen MR) is 28.4 cm³/mol. The third-order valence-corrected chi connectivity index (χ3v) is 0.675. The average molecular weight is 190 g/mol. The average Bonchev–Trinajstić information content (AvgIpc) is 1.61. The van der Waals surface area contributed by atoms with Crippen molar-refractivity contribution in [2.24, 2.45) is 0 Å². The SMILES string of the molecule is C#CCCCC.[Ag]. The van der Waals surface area contributed by atoms with Crippen LogP contribution in [0.3, 0.4) is 0 Å². The summed E-state index contributed by atoms with van der Waals surface area (Å²) in [5, 5.41) is 0. The Balaban J connectivity index is 0. The largest absolute Gasteiger partial charge is 0.120 e. The molecule has 0 atom stereocenters. The van der Waals surface area contributed by atoms with E-state index >= 15 is 0 Å². The van der Waals surface area contributed by atoms with E-state index in [1.165, 1.54) is 12.8 Å². The van der Waals surface area contributed by atoms with Gasteiger partial charge in [0.1, 0.15) is 0 Å². The minimum absolute atomic E-state index is 0. The van der Waals surface area contributed by atoms with Gasteiger partial charge in [0.15, 0.2) is 0 Å². The van der Waals surface area contributed by atoms with Crippen LogP contribution < -0.4 is 0 Å². The quantitative estimate of drug-likeness (QED) is 0.354. The van der Waals surface area contributed by atoms with E-state index < -0.39 is 0 Å². The van der Waals surface area contributed by atoms with E-state index in [2.05, 4.69) is 12.8 Å². The number of terminal acetylenes is 1. The van der Waals surface area contributed by atoms with Crippen molar-refractivity contribution in [3.8, 4) is 12.3 Å². The van der Waals surface area contributed by atoms with Crippen molar-refractivity contribution in [3.05, 3.63) is 0 Å². The smallest absolute Gasteiger partial charge is 0.00859 e. The van der Waals surface area contributed by atoms with Gasteiger partial charge in [-0.15, -0.1) is 12.3 Å². The van der Waals surface area contributed by atoms with Crippen molar-refractivity contribution in [2.75, 3.05) is 0 Å². The minimum Gasteiger partial charge on any atom is -0.120 e. The predicted octanol–water partition coefficient (Wildman–Crippen LogP) is 1.81. The molecule has 0 bridgehead atoms. The molecule has 0 saturated carbocycles. The Morgan fingerprint density at radius 2 is 2.14 bits per heavy atom. The van der Waals surface area contributed by atoms with Gasteiger partial charge < -0.3 is 0 Å². The topological polar surface area (TPSA) is 0 Å². The zero-order valence-electron chi connectivity index (χ0n) is 4.50. The maximum absolute atomic E-state index is 4.96. The standard InChI is InChI=1S/C6H10.Ag/c1-3-5-6-4-2;/h1H,4-6H2,2H3;. The molecule has 1 heteroatoms. The van der Waals surface area contributed by atoms with Gasteiger partial charge in [0.2, 0.25) is 0 Å². The van der Waals surface area contributed by atoms with E-state index in [0.717, 1.165) is 6.42 Å². The molecule has 0 rings (SSSR count). The second kappa shape index (κ2) is 9.57. The molecule has 0 heterocycles. The van der Waals surface area contributed by atoms with Crippen LogP contribution >= 0.6 is 0 Å². The number of rotatable bonds is 2. The molecular weight excluding hydrogens is 180 g/mol. The van der Waals surface area contributed by atoms with Crippen LogP contribution in [0.1, 0.15) is 26.2 Å². The zero-order valence-corrected chi connectivity index (χ0v) is 5.98. The monoisotopic (exact) mass is 189 g/mol. The van der Waals surface area contributed by atoms with Gasteiger partial charge >= 0.3 is 0 Å². The molecule has 0 amide bonds. The first-order chi connectivity index (χ1) is 2.91. The molecule has 0 unspecified atom stereocenters. The molecule has 0 aromatic carbocycles. The van der Waals surface area contributed by atoms with E-state index in [1.54, 1.807) is 0 Å². The molecule has 0 spiro atoms. The first-order valence-corrected chi connectivity index (χ1v) is 2.35. The molecule has 0 aliphatic carbocycles. The molecule has 1 radical (unpaired) electrons. The molecule has 7 heavy (non-hydrogen) atoms. The maximum atomic E-state index is 4.96. The Labute approximate surface area is 61.2 Å². The number of hydrogen-bond donors (Lipinski definition) is 0. The van der Waals surface area contributed by atoms with Gasteiger partial charge in [0.05, 0.1) is 0 Å². The minimum atomic E-state index is 0. The fraction of sp³-hybridized carbons (Fsp3) is 0.667. The van der Waals surface area contributed by atoms with Gasteiger partial charge in [0, 0.05) is 28.8 Å². The van der Waals surface area contributed by atoms with E-state index in [9.17, 15) is 0 Å². The molecular formula is C6H10Ag. The molecule has 0 N–H and O–H groups in total. The van der Waals surface area contributed by atoms with Gasteiger partial charge in [-0.3, -0.25) is 0 Å². The molecule has 0 nitrogen and oxygen atoms in total. The van der Waals surface area contributed by atoms with E-state index in [-0.39, 0.29) is 22.4 Å². The van der Waals surface area contributed by atoms with Crippen LogP contribution in [-0.2, 0) is 22.4 Å². The van der Waals surface area contributed by atoms with Crippen molar-refractivity contribution in [1.29, 1.82) is 0 Å². The van der Waals surface area contributed by atoms with Gasteiger partial charge in [-0.1, -0.05) is 13.3 Å². The van der Waals surface area contributed by atoms with Crippen LogP contribution in [0.15, 0.2) is 0 Å². The summed E-state index contributed by atoms with van der Waals surface area (Å²) < 4.78 is 0. The Morgan fingerprint density at radius 1 is 1.57 bits per heavy atom. The molecule has 0 aromatic rings. The second-order valence-electron chi connectivity index (χ2n) is 1.31. The van der Waals surface area contributed by atoms with Gasteiger partial charge in [0.25, 0.3) is 0 Å². The van der Waals surface area contributed by atoms with Gasteiger partial charge in [-0.25, -0.2) is 0 Å². The molecule has 0 fully saturated rings. The molecule has 0 aliphatic heterocycles. The van der Waals surface area contributed by atoms with Crippen molar-refractivity contribution in [1.82, 2.24) is 0 Å². The third kappa shape index (κ3) is 10.7. The number of hydrogen-bond acceptors (Lipinski definition) is 0. The molecule has 0 aromatic heterocycles. The molecule has 0 saturated heterocycles. The van der Waals surface area contributed by atoms with Crippen LogP contribution in [0.2, 0.25) is 0 Å². The van der Waals surface area contributed by atoms with Crippen molar-refractivity contribution < 1.29 is 22.4 Å². The maximum Gasteiger partial charge on any atom is 0.00859 e. The van der Waals surface area contributed by atoms with Crippen molar-refractivity contribution in [3.63, 3.8) is 0 Å². The summed E-state index contributed by atoms with van der Waals surface area (Å²) in [6.07, 6.45) is 8.30. The summed E-state index contributed by atoms with van der Waals surface area (Å²) in [4.78, 5) is 0. The summed E-state index contributed by atoms with van der Waals surface area (Å²) in [5.74, 6) is 2.57. The second-order valence-corrected chi connectivity index (χ2v) is 1.31. The summed E-state index contributed by atoms with van der Waals surface area (Å²) >= 11 is 0. The fourth-order valence-electron chi connectivity index (χ4n) is 0.279. The van der Waals surface area contributed by atoms with E-state index in [1.807, 2.05) is 0 Å². The zero-order chi connectivity index (χ0) is 4.83. The summed E-state index contributed by atoms with van der Waals surface area (Å²) in [5.41, 5.74) is 0. The van der Waals surface area contributed by atoms with Crippen molar-refractivity contribution in [2.45, 2.75) is 26.2 Å². The normalized spacial score (nSPS) is 6.29. The summed E-state index contributed by atoms with van der Waals surface area (Å²) in [6.45, 7) is 2.14. The van der Waals surface area contributed by atoms with E-state index in [4.69, 9.17) is 6.42 Å². The third-order valence-electron chi connectivity index (χ3n) is 0.675. The van der Waals surface area contributed by atoms with Gasteiger partial charge in [-0.2, -0.15) is 0 Å².